The van der Waals surface area contributed by atoms with E-state index in [1.165, 1.54) is 0 Å². The SMILES string of the molecule is CCOc1ccc(C(=O)N(C)c2ccc(C)cc2)cc1N. The van der Waals surface area contributed by atoms with Crippen LogP contribution in [0, 0.1) is 6.92 Å². The van der Waals surface area contributed by atoms with Gasteiger partial charge in [-0.3, -0.25) is 4.79 Å². The molecule has 0 aliphatic rings. The summed E-state index contributed by atoms with van der Waals surface area (Å²) in [6, 6.07) is 12.9. The van der Waals surface area contributed by atoms with Crippen molar-refractivity contribution < 1.29 is 9.53 Å². The van der Waals surface area contributed by atoms with Crippen LogP contribution in [0.2, 0.25) is 0 Å². The van der Waals surface area contributed by atoms with Crippen molar-refractivity contribution in [3.05, 3.63) is 53.6 Å². The van der Waals surface area contributed by atoms with Gasteiger partial charge in [-0.05, 0) is 44.2 Å². The van der Waals surface area contributed by atoms with Crippen LogP contribution in [0.25, 0.3) is 0 Å². The Morgan fingerprint density at radius 3 is 2.43 bits per heavy atom. The number of carbonyl (C=O) groups excluding carboxylic acids is 1. The molecule has 0 bridgehead atoms. The fourth-order valence-electron chi connectivity index (χ4n) is 2.05. The van der Waals surface area contributed by atoms with Crippen LogP contribution in [0.1, 0.15) is 22.8 Å². The van der Waals surface area contributed by atoms with Gasteiger partial charge in [0.05, 0.1) is 12.3 Å². The van der Waals surface area contributed by atoms with E-state index in [2.05, 4.69) is 0 Å². The number of nitrogen functional groups attached to an aromatic ring is 1. The minimum atomic E-state index is -0.103. The summed E-state index contributed by atoms with van der Waals surface area (Å²) in [5.74, 6) is 0.501. The summed E-state index contributed by atoms with van der Waals surface area (Å²) in [6.45, 7) is 4.45. The second-order valence-electron chi connectivity index (χ2n) is 4.89. The van der Waals surface area contributed by atoms with Gasteiger partial charge in [-0.25, -0.2) is 0 Å². The maximum atomic E-state index is 12.5. The van der Waals surface area contributed by atoms with Crippen molar-refractivity contribution in [3.8, 4) is 5.75 Å². The van der Waals surface area contributed by atoms with Crippen LogP contribution in [0.15, 0.2) is 42.5 Å². The molecule has 0 aromatic heterocycles. The molecule has 21 heavy (non-hydrogen) atoms. The zero-order valence-electron chi connectivity index (χ0n) is 12.6. The molecule has 0 saturated heterocycles. The van der Waals surface area contributed by atoms with Crippen molar-refractivity contribution in [2.75, 3.05) is 24.3 Å². The van der Waals surface area contributed by atoms with Crippen LogP contribution in [0.4, 0.5) is 11.4 Å². The summed E-state index contributed by atoms with van der Waals surface area (Å²) < 4.78 is 5.38. The summed E-state index contributed by atoms with van der Waals surface area (Å²) in [4.78, 5) is 14.1. The average Bonchev–Trinajstić information content (AvgIpc) is 2.49. The van der Waals surface area contributed by atoms with Crippen LogP contribution in [-0.2, 0) is 0 Å². The Balaban J connectivity index is 2.23. The van der Waals surface area contributed by atoms with Gasteiger partial charge in [-0.2, -0.15) is 0 Å². The molecule has 2 aromatic carbocycles. The van der Waals surface area contributed by atoms with E-state index in [1.807, 2.05) is 38.1 Å². The van der Waals surface area contributed by atoms with Crippen molar-refractivity contribution in [1.82, 2.24) is 0 Å². The molecule has 1 amide bonds. The average molecular weight is 284 g/mol. The molecular weight excluding hydrogens is 264 g/mol. The van der Waals surface area contributed by atoms with Crippen molar-refractivity contribution in [3.63, 3.8) is 0 Å². The molecule has 0 fully saturated rings. The minimum Gasteiger partial charge on any atom is -0.492 e. The molecule has 0 unspecified atom stereocenters. The van der Waals surface area contributed by atoms with Gasteiger partial charge in [0.2, 0.25) is 0 Å². The molecule has 0 heterocycles. The van der Waals surface area contributed by atoms with Crippen molar-refractivity contribution >= 4 is 17.3 Å². The van der Waals surface area contributed by atoms with E-state index < -0.39 is 0 Å². The summed E-state index contributed by atoms with van der Waals surface area (Å²) in [5, 5.41) is 0. The highest BCUT2D eigenvalue weighted by atomic mass is 16.5. The highest BCUT2D eigenvalue weighted by Gasteiger charge is 2.14. The van der Waals surface area contributed by atoms with E-state index in [1.54, 1.807) is 30.1 Å². The predicted molar refractivity (Wildman–Crippen MR) is 85.9 cm³/mol. The Morgan fingerprint density at radius 1 is 1.19 bits per heavy atom. The number of aryl methyl sites for hydroxylation is 1. The third-order valence-electron chi connectivity index (χ3n) is 3.28. The third kappa shape index (κ3) is 3.34. The number of hydrogen-bond donors (Lipinski definition) is 1. The molecule has 0 saturated carbocycles. The monoisotopic (exact) mass is 284 g/mol. The summed E-state index contributed by atoms with van der Waals surface area (Å²) in [6.07, 6.45) is 0. The Hall–Kier alpha value is -2.49. The Kier molecular flexibility index (Phi) is 4.48. The molecule has 110 valence electrons. The van der Waals surface area contributed by atoms with Gasteiger partial charge in [0, 0.05) is 18.3 Å². The fraction of sp³-hybridized carbons (Fsp3) is 0.235. The number of benzene rings is 2. The number of amides is 1. The van der Waals surface area contributed by atoms with Crippen molar-refractivity contribution in [2.24, 2.45) is 0 Å². The van der Waals surface area contributed by atoms with Crippen LogP contribution in [-0.4, -0.2) is 19.6 Å². The van der Waals surface area contributed by atoms with Crippen LogP contribution in [0.5, 0.6) is 5.75 Å². The first kappa shape index (κ1) is 14.9. The topological polar surface area (TPSA) is 55.6 Å². The number of anilines is 2. The van der Waals surface area contributed by atoms with Gasteiger partial charge in [-0.1, -0.05) is 17.7 Å². The second-order valence-corrected chi connectivity index (χ2v) is 4.89. The number of nitrogens with two attached hydrogens (primary N) is 1. The summed E-state index contributed by atoms with van der Waals surface area (Å²) >= 11 is 0. The van der Waals surface area contributed by atoms with Gasteiger partial charge >= 0.3 is 0 Å². The lowest BCUT2D eigenvalue weighted by Crippen LogP contribution is -2.26. The van der Waals surface area contributed by atoms with Gasteiger partial charge in [0.25, 0.3) is 5.91 Å². The van der Waals surface area contributed by atoms with Crippen LogP contribution in [0.3, 0.4) is 0 Å². The smallest absolute Gasteiger partial charge is 0.258 e. The standard InChI is InChI=1S/C17H20N2O2/c1-4-21-16-10-7-13(11-15(16)18)17(20)19(3)14-8-5-12(2)6-9-14/h5-11H,4,18H2,1-3H3. The van der Waals surface area contributed by atoms with Gasteiger partial charge < -0.3 is 15.4 Å². The van der Waals surface area contributed by atoms with E-state index in [4.69, 9.17) is 10.5 Å². The summed E-state index contributed by atoms with van der Waals surface area (Å²) in [7, 11) is 1.75. The van der Waals surface area contributed by atoms with E-state index in [9.17, 15) is 4.79 Å². The first-order valence-electron chi connectivity index (χ1n) is 6.90. The lowest BCUT2D eigenvalue weighted by Gasteiger charge is -2.18. The minimum absolute atomic E-state index is 0.103. The Morgan fingerprint density at radius 2 is 1.86 bits per heavy atom. The maximum Gasteiger partial charge on any atom is 0.258 e. The van der Waals surface area contributed by atoms with E-state index >= 15 is 0 Å². The van der Waals surface area contributed by atoms with Crippen LogP contribution < -0.4 is 15.4 Å². The highest BCUT2D eigenvalue weighted by Crippen LogP contribution is 2.24. The molecule has 0 aliphatic carbocycles. The first-order chi connectivity index (χ1) is 10.0. The molecule has 4 heteroatoms. The molecule has 0 radical (unpaired) electrons. The quantitative estimate of drug-likeness (QED) is 0.877. The van der Waals surface area contributed by atoms with Crippen LogP contribution >= 0.6 is 0 Å². The zero-order valence-corrected chi connectivity index (χ0v) is 12.6. The third-order valence-corrected chi connectivity index (χ3v) is 3.28. The molecule has 2 aromatic rings. The van der Waals surface area contributed by atoms with Gasteiger partial charge in [0.1, 0.15) is 5.75 Å². The number of ether oxygens (including phenoxy) is 1. The van der Waals surface area contributed by atoms with Crippen molar-refractivity contribution in [1.29, 1.82) is 0 Å². The molecule has 0 spiro atoms. The molecule has 4 nitrogen and oxygen atoms in total. The number of hydrogen-bond acceptors (Lipinski definition) is 3. The van der Waals surface area contributed by atoms with E-state index in [0.29, 0.717) is 23.6 Å². The number of carbonyl (C=O) groups is 1. The first-order valence-corrected chi connectivity index (χ1v) is 6.90. The normalized spacial score (nSPS) is 10.2. The van der Waals surface area contributed by atoms with E-state index in [-0.39, 0.29) is 5.91 Å². The predicted octanol–water partition coefficient (Wildman–Crippen LogP) is 3.25. The Labute approximate surface area is 125 Å². The van der Waals surface area contributed by atoms with Gasteiger partial charge in [0.15, 0.2) is 0 Å². The molecule has 0 aliphatic heterocycles. The highest BCUT2D eigenvalue weighted by molar-refractivity contribution is 6.06. The largest absolute Gasteiger partial charge is 0.492 e. The summed E-state index contributed by atoms with van der Waals surface area (Å²) in [5.41, 5.74) is 8.92. The lowest BCUT2D eigenvalue weighted by molar-refractivity contribution is 0.0993. The van der Waals surface area contributed by atoms with E-state index in [0.717, 1.165) is 11.3 Å². The zero-order chi connectivity index (χ0) is 15.4. The maximum absolute atomic E-state index is 12.5. The lowest BCUT2D eigenvalue weighted by atomic mass is 10.1. The van der Waals surface area contributed by atoms with Gasteiger partial charge in [-0.15, -0.1) is 0 Å². The second kappa shape index (κ2) is 6.31. The molecule has 2 rings (SSSR count). The Bertz CT molecular complexity index is 636. The number of nitrogens with zero attached hydrogens (tertiary/aromatic N) is 1. The molecule has 0 atom stereocenters. The van der Waals surface area contributed by atoms with Crippen molar-refractivity contribution in [2.45, 2.75) is 13.8 Å². The molecular formula is C17H20N2O2. The number of rotatable bonds is 4. The molecule has 2 N–H and O–H groups in total. The fourth-order valence-corrected chi connectivity index (χ4v) is 2.05.